The van der Waals surface area contributed by atoms with E-state index < -0.39 is 0 Å². The first kappa shape index (κ1) is 23.9. The summed E-state index contributed by atoms with van der Waals surface area (Å²) in [4.78, 5) is 35.9. The number of fused-ring (bicyclic) bond motifs is 2. The molecule has 1 aliphatic rings. The Hall–Kier alpha value is -3.79. The highest BCUT2D eigenvalue weighted by Crippen LogP contribution is 2.30. The number of carbonyl (C=O) groups is 1. The minimum Gasteiger partial charge on any atom is -0.491 e. The quantitative estimate of drug-likeness (QED) is 0.367. The highest BCUT2D eigenvalue weighted by atomic mass is 16.5. The van der Waals surface area contributed by atoms with E-state index in [0.29, 0.717) is 30.1 Å². The number of benzene rings is 1. The maximum absolute atomic E-state index is 12.9. The van der Waals surface area contributed by atoms with E-state index in [-0.39, 0.29) is 24.2 Å². The van der Waals surface area contributed by atoms with Crippen molar-refractivity contribution in [3.05, 3.63) is 48.7 Å². The van der Waals surface area contributed by atoms with Crippen LogP contribution in [0, 0.1) is 0 Å². The van der Waals surface area contributed by atoms with Gasteiger partial charge in [-0.05, 0) is 45.7 Å². The van der Waals surface area contributed by atoms with Gasteiger partial charge in [0, 0.05) is 24.5 Å². The van der Waals surface area contributed by atoms with Crippen molar-refractivity contribution in [3.8, 4) is 5.75 Å². The predicted molar refractivity (Wildman–Crippen MR) is 137 cm³/mol. The van der Waals surface area contributed by atoms with Crippen LogP contribution in [0.5, 0.6) is 5.75 Å². The number of aromatic amines is 1. The van der Waals surface area contributed by atoms with Gasteiger partial charge in [0.2, 0.25) is 0 Å². The number of ether oxygens (including phenoxy) is 2. The molecule has 1 saturated heterocycles. The fraction of sp³-hybridized carbons (Fsp3) is 0.423. The molecule has 36 heavy (non-hydrogen) atoms. The molecule has 0 spiro atoms. The fourth-order valence-corrected chi connectivity index (χ4v) is 4.65. The molecule has 10 heteroatoms. The normalized spacial score (nSPS) is 16.7. The molecular weight excluding hydrogens is 458 g/mol. The van der Waals surface area contributed by atoms with Crippen LogP contribution in [0.3, 0.4) is 0 Å². The third kappa shape index (κ3) is 5.08. The van der Waals surface area contributed by atoms with E-state index in [2.05, 4.69) is 35.1 Å². The third-order valence-electron chi connectivity index (χ3n) is 6.24. The molecular formula is C26H31N7O3. The number of rotatable bonds is 9. The predicted octanol–water partition coefficient (Wildman–Crippen LogP) is 3.49. The van der Waals surface area contributed by atoms with Crippen molar-refractivity contribution >= 4 is 33.8 Å². The maximum atomic E-state index is 12.9. The van der Waals surface area contributed by atoms with Crippen molar-refractivity contribution < 1.29 is 14.3 Å². The summed E-state index contributed by atoms with van der Waals surface area (Å²) in [5.74, 6) is 1.19. The zero-order valence-corrected chi connectivity index (χ0v) is 20.8. The van der Waals surface area contributed by atoms with Gasteiger partial charge >= 0.3 is 0 Å². The summed E-state index contributed by atoms with van der Waals surface area (Å²) in [6.45, 7) is 7.60. The van der Waals surface area contributed by atoms with Gasteiger partial charge in [-0.2, -0.15) is 0 Å². The minimum atomic E-state index is -0.255. The number of pyridine rings is 1. The van der Waals surface area contributed by atoms with Crippen LogP contribution in [0.2, 0.25) is 0 Å². The van der Waals surface area contributed by atoms with Crippen molar-refractivity contribution in [3.63, 3.8) is 0 Å². The lowest BCUT2D eigenvalue weighted by Gasteiger charge is -2.26. The molecule has 1 fully saturated rings. The molecule has 4 heterocycles. The Labute approximate surface area is 209 Å². The molecule has 1 unspecified atom stereocenters. The molecule has 4 aromatic rings. The van der Waals surface area contributed by atoms with Crippen molar-refractivity contribution in [1.82, 2.24) is 30.2 Å². The number of nitrogens with one attached hydrogen (secondary N) is 2. The summed E-state index contributed by atoms with van der Waals surface area (Å²) >= 11 is 0. The molecule has 1 amide bonds. The summed E-state index contributed by atoms with van der Waals surface area (Å²) < 4.78 is 12.1. The molecule has 10 nitrogen and oxygen atoms in total. The van der Waals surface area contributed by atoms with Crippen LogP contribution in [0.4, 0.5) is 5.82 Å². The number of imidazole rings is 1. The van der Waals surface area contributed by atoms with Gasteiger partial charge in [-0.3, -0.25) is 4.79 Å². The number of H-pyrrole nitrogens is 1. The Balaban J connectivity index is 1.34. The van der Waals surface area contributed by atoms with Gasteiger partial charge in [0.15, 0.2) is 11.5 Å². The molecule has 0 aliphatic carbocycles. The summed E-state index contributed by atoms with van der Waals surface area (Å²) in [5.41, 5.74) is 2.51. The average molecular weight is 490 g/mol. The summed E-state index contributed by atoms with van der Waals surface area (Å²) in [5, 5.41) is 3.79. The maximum Gasteiger partial charge on any atom is 0.270 e. The van der Waals surface area contributed by atoms with E-state index in [1.807, 2.05) is 45.0 Å². The molecule has 0 saturated carbocycles. The SMILES string of the molecule is CC(C)OC(C)CNC(=O)c1cc(OC[C@H]2CCCN2c2ncnc3[nH]cnc23)c2ccccc2n1. The number of para-hydroxylation sites is 1. The van der Waals surface area contributed by atoms with Crippen molar-refractivity contribution in [2.24, 2.45) is 0 Å². The van der Waals surface area contributed by atoms with Gasteiger partial charge in [-0.15, -0.1) is 0 Å². The Morgan fingerprint density at radius 2 is 2.08 bits per heavy atom. The zero-order valence-electron chi connectivity index (χ0n) is 20.8. The Bertz CT molecular complexity index is 1360. The number of aromatic nitrogens is 5. The lowest BCUT2D eigenvalue weighted by molar-refractivity contribution is 0.0193. The molecule has 2 atom stereocenters. The number of anilines is 1. The van der Waals surface area contributed by atoms with Crippen molar-refractivity contribution in [2.45, 2.75) is 51.9 Å². The minimum absolute atomic E-state index is 0.0947. The highest BCUT2D eigenvalue weighted by molar-refractivity contribution is 5.97. The molecule has 3 aromatic heterocycles. The second kappa shape index (κ2) is 10.4. The van der Waals surface area contributed by atoms with E-state index in [1.165, 1.54) is 0 Å². The van der Waals surface area contributed by atoms with Crippen molar-refractivity contribution in [1.29, 1.82) is 0 Å². The first-order valence-corrected chi connectivity index (χ1v) is 12.4. The zero-order chi connectivity index (χ0) is 25.1. The highest BCUT2D eigenvalue weighted by Gasteiger charge is 2.29. The topological polar surface area (TPSA) is 118 Å². The number of hydrogen-bond acceptors (Lipinski definition) is 8. The fourth-order valence-electron chi connectivity index (χ4n) is 4.65. The molecule has 5 rings (SSSR count). The van der Waals surface area contributed by atoms with E-state index in [1.54, 1.807) is 18.7 Å². The van der Waals surface area contributed by atoms with Crippen LogP contribution in [0.25, 0.3) is 22.1 Å². The van der Waals surface area contributed by atoms with E-state index in [0.717, 1.165) is 41.8 Å². The number of carbonyl (C=O) groups excluding carboxylic acids is 1. The number of hydrogen-bond donors (Lipinski definition) is 2. The second-order valence-corrected chi connectivity index (χ2v) is 9.33. The second-order valence-electron chi connectivity index (χ2n) is 9.33. The van der Waals surface area contributed by atoms with E-state index in [9.17, 15) is 4.79 Å². The molecule has 0 bridgehead atoms. The summed E-state index contributed by atoms with van der Waals surface area (Å²) in [6, 6.07) is 9.54. The van der Waals surface area contributed by atoms with Crippen molar-refractivity contribution in [2.75, 3.05) is 24.6 Å². The van der Waals surface area contributed by atoms with E-state index in [4.69, 9.17) is 9.47 Å². The molecule has 1 aliphatic heterocycles. The van der Waals surface area contributed by atoms with Crippen LogP contribution >= 0.6 is 0 Å². The summed E-state index contributed by atoms with van der Waals surface area (Å²) in [6.07, 6.45) is 5.19. The number of amides is 1. The van der Waals surface area contributed by atoms with Gasteiger partial charge in [0.1, 0.15) is 29.9 Å². The van der Waals surface area contributed by atoms with Crippen LogP contribution in [0.15, 0.2) is 43.0 Å². The Morgan fingerprint density at radius 1 is 1.22 bits per heavy atom. The van der Waals surface area contributed by atoms with Crippen LogP contribution in [-0.2, 0) is 4.74 Å². The van der Waals surface area contributed by atoms with Gasteiger partial charge in [-0.1, -0.05) is 12.1 Å². The van der Waals surface area contributed by atoms with Gasteiger partial charge in [0.25, 0.3) is 5.91 Å². The Morgan fingerprint density at radius 3 is 2.94 bits per heavy atom. The van der Waals surface area contributed by atoms with E-state index >= 15 is 0 Å². The van der Waals surface area contributed by atoms with Gasteiger partial charge in [-0.25, -0.2) is 19.9 Å². The molecule has 188 valence electrons. The Kier molecular flexibility index (Phi) is 6.95. The molecule has 0 radical (unpaired) electrons. The third-order valence-corrected chi connectivity index (χ3v) is 6.24. The smallest absolute Gasteiger partial charge is 0.270 e. The van der Waals surface area contributed by atoms with Crippen LogP contribution in [0.1, 0.15) is 44.1 Å². The molecule has 1 aromatic carbocycles. The lowest BCUT2D eigenvalue weighted by Crippen LogP contribution is -2.35. The first-order valence-electron chi connectivity index (χ1n) is 12.4. The van der Waals surface area contributed by atoms with Gasteiger partial charge < -0.3 is 24.7 Å². The monoisotopic (exact) mass is 489 g/mol. The van der Waals surface area contributed by atoms with Crippen LogP contribution < -0.4 is 15.0 Å². The standard InChI is InChI=1S/C26H31N7O3/c1-16(2)36-17(3)12-27-26(34)21-11-22(19-8-4-5-9-20(19)32-21)35-13-18-7-6-10-33(18)25-23-24(29-14-28-23)30-15-31-25/h4-5,8-9,11,14-18H,6-7,10,12-13H2,1-3H3,(H,27,34)(H,28,29,30,31)/t17?,18-/m1/s1. The number of nitrogens with zero attached hydrogens (tertiary/aromatic N) is 5. The van der Waals surface area contributed by atoms with Crippen LogP contribution in [-0.4, -0.2) is 68.8 Å². The average Bonchev–Trinajstić information content (AvgIpc) is 3.54. The van der Waals surface area contributed by atoms with Gasteiger partial charge in [0.05, 0.1) is 30.1 Å². The molecule has 2 N–H and O–H groups in total. The lowest BCUT2D eigenvalue weighted by atomic mass is 10.1. The summed E-state index contributed by atoms with van der Waals surface area (Å²) in [7, 11) is 0. The largest absolute Gasteiger partial charge is 0.491 e. The first-order chi connectivity index (χ1) is 17.5.